The van der Waals surface area contributed by atoms with E-state index in [0.29, 0.717) is 18.3 Å². The Morgan fingerprint density at radius 1 is 1.29 bits per heavy atom. The van der Waals surface area contributed by atoms with Crippen molar-refractivity contribution in [1.82, 2.24) is 4.90 Å². The average molecular weight is 334 g/mol. The molecule has 5 nitrogen and oxygen atoms in total. The largest absolute Gasteiger partial charge is 0.491 e. The molecule has 24 heavy (non-hydrogen) atoms. The van der Waals surface area contributed by atoms with Crippen LogP contribution in [-0.2, 0) is 4.79 Å². The molecule has 1 aromatic carbocycles. The number of aliphatic hydroxyl groups is 1. The number of likely N-dealkylation sites (N-methyl/N-ethyl adjacent to an activating group) is 1. The van der Waals surface area contributed by atoms with E-state index in [1.807, 2.05) is 0 Å². The highest BCUT2D eigenvalue weighted by atomic mass is 16.5. The number of carbonyl (C=O) groups is 1. The second-order valence-corrected chi connectivity index (χ2v) is 6.55. The summed E-state index contributed by atoms with van der Waals surface area (Å²) < 4.78 is 5.67. The first kappa shape index (κ1) is 18.7. The van der Waals surface area contributed by atoms with Crippen molar-refractivity contribution < 1.29 is 14.6 Å². The van der Waals surface area contributed by atoms with Gasteiger partial charge in [-0.3, -0.25) is 9.69 Å². The number of carbonyl (C=O) groups excluding carboxylic acids is 1. The highest BCUT2D eigenvalue weighted by molar-refractivity contribution is 5.88. The van der Waals surface area contributed by atoms with Crippen molar-refractivity contribution in [2.75, 3.05) is 25.0 Å². The normalized spacial score (nSPS) is 16.8. The summed E-state index contributed by atoms with van der Waals surface area (Å²) in [5, 5.41) is 13.0. The maximum Gasteiger partial charge on any atom is 0.221 e. The molecule has 0 bridgehead atoms. The van der Waals surface area contributed by atoms with Crippen LogP contribution in [0.5, 0.6) is 5.75 Å². The van der Waals surface area contributed by atoms with E-state index in [4.69, 9.17) is 4.74 Å². The van der Waals surface area contributed by atoms with Gasteiger partial charge in [-0.1, -0.05) is 26.2 Å². The van der Waals surface area contributed by atoms with Gasteiger partial charge >= 0.3 is 0 Å². The molecule has 134 valence electrons. The molecule has 1 aliphatic carbocycles. The number of amides is 1. The van der Waals surface area contributed by atoms with Gasteiger partial charge in [0.15, 0.2) is 0 Å². The van der Waals surface area contributed by atoms with Gasteiger partial charge in [-0.25, -0.2) is 0 Å². The molecule has 1 fully saturated rings. The summed E-state index contributed by atoms with van der Waals surface area (Å²) in [6.07, 6.45) is 5.93. The predicted molar refractivity (Wildman–Crippen MR) is 96.4 cm³/mol. The quantitative estimate of drug-likeness (QED) is 0.767. The lowest BCUT2D eigenvalue weighted by Gasteiger charge is -2.34. The Balaban J connectivity index is 1.77. The first-order valence-electron chi connectivity index (χ1n) is 9.01. The van der Waals surface area contributed by atoms with Crippen molar-refractivity contribution in [3.8, 4) is 5.75 Å². The topological polar surface area (TPSA) is 61.8 Å². The molecule has 1 unspecified atom stereocenters. The zero-order valence-electron chi connectivity index (χ0n) is 14.8. The molecular weight excluding hydrogens is 304 g/mol. The van der Waals surface area contributed by atoms with Crippen LogP contribution in [0.3, 0.4) is 0 Å². The number of rotatable bonds is 8. The zero-order valence-corrected chi connectivity index (χ0v) is 14.8. The third-order valence-corrected chi connectivity index (χ3v) is 4.56. The van der Waals surface area contributed by atoms with E-state index in [9.17, 15) is 9.90 Å². The van der Waals surface area contributed by atoms with Crippen molar-refractivity contribution in [1.29, 1.82) is 0 Å². The minimum atomic E-state index is -0.498. The van der Waals surface area contributed by atoms with Gasteiger partial charge in [0, 0.05) is 25.2 Å². The molecule has 2 rings (SSSR count). The molecule has 0 heterocycles. The summed E-state index contributed by atoms with van der Waals surface area (Å²) in [5.41, 5.74) is 0.741. The third-order valence-electron chi connectivity index (χ3n) is 4.56. The smallest absolute Gasteiger partial charge is 0.221 e. The highest BCUT2D eigenvalue weighted by Crippen LogP contribution is 2.22. The van der Waals surface area contributed by atoms with Crippen LogP contribution in [0.15, 0.2) is 24.3 Å². The second kappa shape index (κ2) is 9.64. The Bertz CT molecular complexity index is 498. The number of ether oxygens (including phenoxy) is 1. The zero-order chi connectivity index (χ0) is 17.4. The number of aliphatic hydroxyl groups excluding tert-OH is 1. The van der Waals surface area contributed by atoms with Gasteiger partial charge in [-0.2, -0.15) is 0 Å². The van der Waals surface area contributed by atoms with Crippen LogP contribution in [-0.4, -0.2) is 47.8 Å². The van der Waals surface area contributed by atoms with E-state index in [1.54, 1.807) is 24.3 Å². The molecule has 0 spiro atoms. The molecular formula is C19H30N2O3. The maximum absolute atomic E-state index is 11.0. The first-order chi connectivity index (χ1) is 11.6. The molecule has 0 radical (unpaired) electrons. The Morgan fingerprint density at radius 3 is 2.54 bits per heavy atom. The average Bonchev–Trinajstić information content (AvgIpc) is 2.59. The van der Waals surface area contributed by atoms with Crippen molar-refractivity contribution >= 4 is 11.6 Å². The molecule has 2 N–H and O–H groups in total. The lowest BCUT2D eigenvalue weighted by atomic mass is 9.94. The van der Waals surface area contributed by atoms with Gasteiger partial charge in [0.25, 0.3) is 0 Å². The summed E-state index contributed by atoms with van der Waals surface area (Å²) in [6.45, 7) is 5.54. The first-order valence-corrected chi connectivity index (χ1v) is 9.01. The van der Waals surface area contributed by atoms with Crippen molar-refractivity contribution in [2.24, 2.45) is 0 Å². The van der Waals surface area contributed by atoms with Gasteiger partial charge < -0.3 is 15.2 Å². The molecule has 0 saturated heterocycles. The SMILES string of the molecule is CCN(CC(O)COc1ccc(NC(C)=O)cc1)C1CCCCC1. The summed E-state index contributed by atoms with van der Waals surface area (Å²) in [4.78, 5) is 13.4. The molecule has 1 aromatic rings. The number of nitrogens with zero attached hydrogens (tertiary/aromatic N) is 1. The van der Waals surface area contributed by atoms with Gasteiger partial charge in [0.2, 0.25) is 5.91 Å². The van der Waals surface area contributed by atoms with Crippen LogP contribution in [0.1, 0.15) is 46.0 Å². The number of hydrogen-bond acceptors (Lipinski definition) is 4. The maximum atomic E-state index is 11.0. The summed E-state index contributed by atoms with van der Waals surface area (Å²) in [6, 6.07) is 7.80. The monoisotopic (exact) mass is 334 g/mol. The molecule has 0 aliphatic heterocycles. The molecule has 1 saturated carbocycles. The fourth-order valence-corrected chi connectivity index (χ4v) is 3.34. The minimum Gasteiger partial charge on any atom is -0.491 e. The van der Waals surface area contributed by atoms with Gasteiger partial charge in [0.1, 0.15) is 18.5 Å². The van der Waals surface area contributed by atoms with Gasteiger partial charge in [0.05, 0.1) is 0 Å². The number of benzene rings is 1. The molecule has 0 aromatic heterocycles. The molecule has 1 aliphatic rings. The summed E-state index contributed by atoms with van der Waals surface area (Å²) in [7, 11) is 0. The Kier molecular flexibility index (Phi) is 7.53. The number of hydrogen-bond donors (Lipinski definition) is 2. The Morgan fingerprint density at radius 2 is 1.96 bits per heavy atom. The van der Waals surface area contributed by atoms with E-state index >= 15 is 0 Å². The van der Waals surface area contributed by atoms with Crippen LogP contribution < -0.4 is 10.1 Å². The van der Waals surface area contributed by atoms with Crippen molar-refractivity contribution in [2.45, 2.75) is 58.1 Å². The molecule has 1 atom stereocenters. The van der Waals surface area contributed by atoms with E-state index < -0.39 is 6.10 Å². The van der Waals surface area contributed by atoms with Crippen LogP contribution in [0.4, 0.5) is 5.69 Å². The van der Waals surface area contributed by atoms with Gasteiger partial charge in [-0.05, 0) is 43.7 Å². The Labute approximate surface area is 145 Å². The van der Waals surface area contributed by atoms with Crippen molar-refractivity contribution in [3.05, 3.63) is 24.3 Å². The third kappa shape index (κ3) is 6.13. The van der Waals surface area contributed by atoms with Crippen molar-refractivity contribution in [3.63, 3.8) is 0 Å². The fraction of sp³-hybridized carbons (Fsp3) is 0.632. The van der Waals surface area contributed by atoms with E-state index in [1.165, 1.54) is 39.0 Å². The highest BCUT2D eigenvalue weighted by Gasteiger charge is 2.22. The predicted octanol–water partition coefficient (Wildman–Crippen LogP) is 3.04. The molecule has 1 amide bonds. The fourth-order valence-electron chi connectivity index (χ4n) is 3.34. The van der Waals surface area contributed by atoms with Gasteiger partial charge in [-0.15, -0.1) is 0 Å². The second-order valence-electron chi connectivity index (χ2n) is 6.55. The van der Waals surface area contributed by atoms with Crippen LogP contribution >= 0.6 is 0 Å². The minimum absolute atomic E-state index is 0.0959. The molecule has 5 heteroatoms. The summed E-state index contributed by atoms with van der Waals surface area (Å²) in [5.74, 6) is 0.602. The lowest BCUT2D eigenvalue weighted by Crippen LogP contribution is -2.43. The number of anilines is 1. The van der Waals surface area contributed by atoms with Crippen LogP contribution in [0.2, 0.25) is 0 Å². The summed E-state index contributed by atoms with van der Waals surface area (Å²) >= 11 is 0. The lowest BCUT2D eigenvalue weighted by molar-refractivity contribution is -0.114. The Hall–Kier alpha value is -1.59. The van der Waals surface area contributed by atoms with E-state index in [2.05, 4.69) is 17.1 Å². The van der Waals surface area contributed by atoms with E-state index in [0.717, 1.165) is 12.2 Å². The van der Waals surface area contributed by atoms with E-state index in [-0.39, 0.29) is 12.5 Å². The number of nitrogens with one attached hydrogen (secondary N) is 1. The van der Waals surface area contributed by atoms with Crippen LogP contribution in [0, 0.1) is 0 Å². The standard InChI is InChI=1S/C19H30N2O3/c1-3-21(17-7-5-4-6-8-17)13-18(23)14-24-19-11-9-16(10-12-19)20-15(2)22/h9-12,17-18,23H,3-8,13-14H2,1-2H3,(H,20,22). The van der Waals surface area contributed by atoms with Crippen LogP contribution in [0.25, 0.3) is 0 Å².